The normalized spacial score (nSPS) is 11.4. The van der Waals surface area contributed by atoms with Crippen molar-refractivity contribution in [3.8, 4) is 0 Å². The maximum absolute atomic E-state index is 12.6. The summed E-state index contributed by atoms with van der Waals surface area (Å²) >= 11 is 0. The molecule has 2 N–H and O–H groups in total. The number of aryl methyl sites for hydroxylation is 2. The van der Waals surface area contributed by atoms with Crippen LogP contribution in [-0.4, -0.2) is 46.2 Å². The molecule has 0 aliphatic heterocycles. The molecule has 2 aromatic rings. The van der Waals surface area contributed by atoms with Crippen LogP contribution in [0.1, 0.15) is 36.4 Å². The van der Waals surface area contributed by atoms with E-state index in [2.05, 4.69) is 20.7 Å². The molecule has 7 heteroatoms. The molecule has 0 saturated carbocycles. The minimum atomic E-state index is 0.0469. The number of carbonyl (C=O) groups is 1. The first-order valence-corrected chi connectivity index (χ1v) is 9.79. The quantitative estimate of drug-likeness (QED) is 0.540. The van der Waals surface area contributed by atoms with Gasteiger partial charge in [-0.2, -0.15) is 5.10 Å². The van der Waals surface area contributed by atoms with Gasteiger partial charge in [-0.1, -0.05) is 30.3 Å². The fourth-order valence-corrected chi connectivity index (χ4v) is 3.00. The van der Waals surface area contributed by atoms with Crippen molar-refractivity contribution in [2.45, 2.75) is 40.8 Å². The molecular formula is C21H32N6O. The molecule has 1 amide bonds. The molecule has 1 aromatic carbocycles. The van der Waals surface area contributed by atoms with Crippen molar-refractivity contribution in [1.82, 2.24) is 25.3 Å². The predicted octanol–water partition coefficient (Wildman–Crippen LogP) is 2.14. The van der Waals surface area contributed by atoms with E-state index < -0.39 is 0 Å². The summed E-state index contributed by atoms with van der Waals surface area (Å²) in [4.78, 5) is 19.1. The van der Waals surface area contributed by atoms with Crippen molar-refractivity contribution in [2.24, 2.45) is 12.0 Å². The topological polar surface area (TPSA) is 74.5 Å². The highest BCUT2D eigenvalue weighted by atomic mass is 16.2. The second-order valence-electron chi connectivity index (χ2n) is 6.72. The molecule has 0 bridgehead atoms. The summed E-state index contributed by atoms with van der Waals surface area (Å²) in [6.07, 6.45) is 0. The lowest BCUT2D eigenvalue weighted by Crippen LogP contribution is -2.44. The van der Waals surface area contributed by atoms with Gasteiger partial charge in [0.2, 0.25) is 5.91 Å². The number of hydrogen-bond donors (Lipinski definition) is 2. The van der Waals surface area contributed by atoms with Gasteiger partial charge in [-0.25, -0.2) is 4.99 Å². The van der Waals surface area contributed by atoms with Gasteiger partial charge in [0.1, 0.15) is 0 Å². The summed E-state index contributed by atoms with van der Waals surface area (Å²) in [6.45, 7) is 10.8. The lowest BCUT2D eigenvalue weighted by Gasteiger charge is -2.22. The molecule has 1 heterocycles. The van der Waals surface area contributed by atoms with E-state index in [0.717, 1.165) is 29.1 Å². The SMILES string of the molecule is CCNC(=NCc1c(C)nn(C)c1C)NCC(=O)N(CC)Cc1ccccc1. The van der Waals surface area contributed by atoms with Gasteiger partial charge < -0.3 is 15.5 Å². The molecule has 2 rings (SSSR count). The van der Waals surface area contributed by atoms with Gasteiger partial charge in [0.25, 0.3) is 0 Å². The zero-order chi connectivity index (χ0) is 20.5. The van der Waals surface area contributed by atoms with Crippen LogP contribution in [0, 0.1) is 13.8 Å². The Bertz CT molecular complexity index is 797. The highest BCUT2D eigenvalue weighted by Crippen LogP contribution is 2.12. The van der Waals surface area contributed by atoms with Gasteiger partial charge >= 0.3 is 0 Å². The second kappa shape index (κ2) is 10.5. The highest BCUT2D eigenvalue weighted by molar-refractivity contribution is 5.86. The molecule has 7 nitrogen and oxygen atoms in total. The molecule has 1 aromatic heterocycles. The summed E-state index contributed by atoms with van der Waals surface area (Å²) in [5.74, 6) is 0.681. The van der Waals surface area contributed by atoms with Gasteiger partial charge in [-0.3, -0.25) is 9.48 Å². The molecule has 152 valence electrons. The number of aromatic nitrogens is 2. The number of nitrogens with zero attached hydrogens (tertiary/aromatic N) is 4. The summed E-state index contributed by atoms with van der Waals surface area (Å²) < 4.78 is 1.87. The molecule has 28 heavy (non-hydrogen) atoms. The van der Waals surface area contributed by atoms with E-state index in [9.17, 15) is 4.79 Å². The Morgan fingerprint density at radius 1 is 1.18 bits per heavy atom. The smallest absolute Gasteiger partial charge is 0.242 e. The van der Waals surface area contributed by atoms with E-state index in [1.165, 1.54) is 0 Å². The Hall–Kier alpha value is -2.83. The maximum Gasteiger partial charge on any atom is 0.242 e. The molecule has 0 aliphatic rings. The molecular weight excluding hydrogens is 352 g/mol. The van der Waals surface area contributed by atoms with Gasteiger partial charge in [0.15, 0.2) is 5.96 Å². The summed E-state index contributed by atoms with van der Waals surface area (Å²) in [7, 11) is 1.93. The van der Waals surface area contributed by atoms with E-state index in [0.29, 0.717) is 25.6 Å². The van der Waals surface area contributed by atoms with E-state index in [4.69, 9.17) is 0 Å². The van der Waals surface area contributed by atoms with Crippen molar-refractivity contribution >= 4 is 11.9 Å². The van der Waals surface area contributed by atoms with E-state index in [-0.39, 0.29) is 12.5 Å². The summed E-state index contributed by atoms with van der Waals surface area (Å²) in [5.41, 5.74) is 4.33. The van der Waals surface area contributed by atoms with Crippen molar-refractivity contribution < 1.29 is 4.79 Å². The van der Waals surface area contributed by atoms with E-state index >= 15 is 0 Å². The number of guanidine groups is 1. The van der Waals surface area contributed by atoms with Crippen molar-refractivity contribution in [3.63, 3.8) is 0 Å². The molecule has 0 unspecified atom stereocenters. The van der Waals surface area contributed by atoms with Crippen molar-refractivity contribution in [3.05, 3.63) is 52.8 Å². The fraction of sp³-hybridized carbons (Fsp3) is 0.476. The zero-order valence-corrected chi connectivity index (χ0v) is 17.6. The number of nitrogens with one attached hydrogen (secondary N) is 2. The standard InChI is InChI=1S/C21H32N6O/c1-6-22-21(23-13-19-16(3)25-26(5)17(19)4)24-14-20(28)27(7-2)15-18-11-9-8-10-12-18/h8-12H,6-7,13-15H2,1-5H3,(H2,22,23,24). The van der Waals surface area contributed by atoms with E-state index in [1.807, 2.05) is 74.7 Å². The lowest BCUT2D eigenvalue weighted by atomic mass is 10.2. The van der Waals surface area contributed by atoms with Gasteiger partial charge in [-0.05, 0) is 33.3 Å². The Morgan fingerprint density at radius 3 is 2.46 bits per heavy atom. The van der Waals surface area contributed by atoms with Crippen LogP contribution in [0.15, 0.2) is 35.3 Å². The molecule has 0 saturated heterocycles. The van der Waals surface area contributed by atoms with Crippen molar-refractivity contribution in [1.29, 1.82) is 0 Å². The minimum absolute atomic E-state index is 0.0469. The molecule has 0 spiro atoms. The Morgan fingerprint density at radius 2 is 1.89 bits per heavy atom. The first-order chi connectivity index (χ1) is 13.5. The summed E-state index contributed by atoms with van der Waals surface area (Å²) in [5, 5.41) is 10.8. The van der Waals surface area contributed by atoms with Crippen molar-refractivity contribution in [2.75, 3.05) is 19.6 Å². The monoisotopic (exact) mass is 384 g/mol. The first kappa shape index (κ1) is 21.5. The zero-order valence-electron chi connectivity index (χ0n) is 17.6. The molecule has 0 aliphatic carbocycles. The minimum Gasteiger partial charge on any atom is -0.357 e. The Labute approximate surface area is 167 Å². The summed E-state index contributed by atoms with van der Waals surface area (Å²) in [6, 6.07) is 10.0. The van der Waals surface area contributed by atoms with Crippen LogP contribution >= 0.6 is 0 Å². The van der Waals surface area contributed by atoms with E-state index in [1.54, 1.807) is 0 Å². The fourth-order valence-electron chi connectivity index (χ4n) is 3.00. The van der Waals surface area contributed by atoms with Crippen LogP contribution in [0.25, 0.3) is 0 Å². The van der Waals surface area contributed by atoms with Crippen LogP contribution in [0.2, 0.25) is 0 Å². The molecule has 0 atom stereocenters. The first-order valence-electron chi connectivity index (χ1n) is 9.79. The number of hydrogen-bond acceptors (Lipinski definition) is 3. The predicted molar refractivity (Wildman–Crippen MR) is 113 cm³/mol. The van der Waals surface area contributed by atoms with Crippen LogP contribution in [0.4, 0.5) is 0 Å². The third kappa shape index (κ3) is 5.84. The highest BCUT2D eigenvalue weighted by Gasteiger charge is 2.13. The largest absolute Gasteiger partial charge is 0.357 e. The maximum atomic E-state index is 12.6. The number of aliphatic imine (C=N–C) groups is 1. The average molecular weight is 385 g/mol. The average Bonchev–Trinajstić information content (AvgIpc) is 2.94. The second-order valence-corrected chi connectivity index (χ2v) is 6.72. The van der Waals surface area contributed by atoms with Gasteiger partial charge in [0, 0.05) is 37.9 Å². The Balaban J connectivity index is 1.98. The lowest BCUT2D eigenvalue weighted by molar-refractivity contribution is -0.130. The third-order valence-corrected chi connectivity index (χ3v) is 4.76. The van der Waals surface area contributed by atoms with Crippen LogP contribution in [0.5, 0.6) is 0 Å². The Kier molecular flexibility index (Phi) is 8.04. The van der Waals surface area contributed by atoms with Gasteiger partial charge in [-0.15, -0.1) is 0 Å². The number of rotatable bonds is 8. The molecule has 0 fully saturated rings. The number of likely N-dealkylation sites (N-methyl/N-ethyl adjacent to an activating group) is 1. The van der Waals surface area contributed by atoms with Crippen LogP contribution < -0.4 is 10.6 Å². The van der Waals surface area contributed by atoms with Crippen LogP contribution in [0.3, 0.4) is 0 Å². The van der Waals surface area contributed by atoms with Crippen LogP contribution in [-0.2, 0) is 24.9 Å². The number of carbonyl (C=O) groups excluding carboxylic acids is 1. The third-order valence-electron chi connectivity index (χ3n) is 4.76. The number of benzene rings is 1. The molecule has 0 radical (unpaired) electrons. The van der Waals surface area contributed by atoms with Gasteiger partial charge in [0.05, 0.1) is 18.8 Å². The number of amides is 1.